The van der Waals surface area contributed by atoms with E-state index in [0.717, 1.165) is 12.3 Å². The molecule has 0 spiro atoms. The zero-order valence-electron chi connectivity index (χ0n) is 11.8. The molecule has 0 saturated carbocycles. The molecule has 2 heteroatoms. The molecule has 0 aliphatic carbocycles. The minimum absolute atomic E-state index is 0.302. The van der Waals surface area contributed by atoms with Crippen molar-refractivity contribution in [2.75, 3.05) is 7.11 Å². The van der Waals surface area contributed by atoms with E-state index in [-0.39, 0.29) is 0 Å². The molecule has 0 heterocycles. The summed E-state index contributed by atoms with van der Waals surface area (Å²) < 4.78 is 5.25. The van der Waals surface area contributed by atoms with Gasteiger partial charge in [0.1, 0.15) is 5.75 Å². The smallest absolute Gasteiger partial charge is 0.119 e. The van der Waals surface area contributed by atoms with Crippen molar-refractivity contribution in [1.29, 1.82) is 0 Å². The summed E-state index contributed by atoms with van der Waals surface area (Å²) in [6.07, 6.45) is 0. The average molecular weight is 255 g/mol. The maximum atomic E-state index is 5.25. The molecule has 0 bridgehead atoms. The molecule has 0 fully saturated rings. The lowest BCUT2D eigenvalue weighted by Gasteiger charge is -2.15. The fraction of sp³-hybridized carbons (Fsp3) is 0.294. The van der Waals surface area contributed by atoms with Gasteiger partial charge in [-0.3, -0.25) is 0 Å². The predicted molar refractivity (Wildman–Crippen MR) is 79.4 cm³/mol. The first kappa shape index (κ1) is 13.6. The van der Waals surface area contributed by atoms with Crippen LogP contribution < -0.4 is 10.1 Å². The maximum Gasteiger partial charge on any atom is 0.119 e. The average Bonchev–Trinajstić information content (AvgIpc) is 2.46. The molecule has 1 N–H and O–H groups in total. The topological polar surface area (TPSA) is 21.3 Å². The van der Waals surface area contributed by atoms with Crippen LogP contribution >= 0.6 is 0 Å². The highest BCUT2D eigenvalue weighted by atomic mass is 16.5. The first-order valence-electron chi connectivity index (χ1n) is 6.62. The molecular weight excluding hydrogens is 234 g/mol. The second-order valence-corrected chi connectivity index (χ2v) is 4.86. The van der Waals surface area contributed by atoms with Gasteiger partial charge in [0, 0.05) is 12.6 Å². The third kappa shape index (κ3) is 3.83. The van der Waals surface area contributed by atoms with Gasteiger partial charge in [-0.1, -0.05) is 42.0 Å². The Morgan fingerprint density at radius 1 is 1.11 bits per heavy atom. The number of benzene rings is 2. The molecule has 0 saturated heterocycles. The molecule has 0 radical (unpaired) electrons. The van der Waals surface area contributed by atoms with Gasteiger partial charge in [0.2, 0.25) is 0 Å². The quantitative estimate of drug-likeness (QED) is 0.876. The zero-order valence-corrected chi connectivity index (χ0v) is 11.8. The molecule has 0 aliphatic rings. The van der Waals surface area contributed by atoms with Crippen LogP contribution in [0, 0.1) is 6.92 Å². The van der Waals surface area contributed by atoms with Crippen LogP contribution in [0.4, 0.5) is 0 Å². The standard InChI is InChI=1S/C17H21NO/c1-13-7-9-15(10-8-13)12-18-14(2)16-5-4-6-17(11-16)19-3/h4-11,14,18H,12H2,1-3H3/t14-/m0/s1. The summed E-state index contributed by atoms with van der Waals surface area (Å²) in [5.74, 6) is 0.904. The van der Waals surface area contributed by atoms with E-state index in [1.54, 1.807) is 7.11 Å². The summed E-state index contributed by atoms with van der Waals surface area (Å²) in [6, 6.07) is 17.1. The Morgan fingerprint density at radius 2 is 1.84 bits per heavy atom. The lowest BCUT2D eigenvalue weighted by molar-refractivity contribution is 0.413. The van der Waals surface area contributed by atoms with Gasteiger partial charge in [-0.25, -0.2) is 0 Å². The van der Waals surface area contributed by atoms with E-state index in [0.29, 0.717) is 6.04 Å². The van der Waals surface area contributed by atoms with Gasteiger partial charge in [0.05, 0.1) is 7.11 Å². The Kier molecular flexibility index (Phi) is 4.58. The van der Waals surface area contributed by atoms with E-state index in [9.17, 15) is 0 Å². The van der Waals surface area contributed by atoms with Gasteiger partial charge in [0.15, 0.2) is 0 Å². The largest absolute Gasteiger partial charge is 0.497 e. The Morgan fingerprint density at radius 3 is 2.53 bits per heavy atom. The lowest BCUT2D eigenvalue weighted by atomic mass is 10.1. The van der Waals surface area contributed by atoms with E-state index in [4.69, 9.17) is 4.74 Å². The number of nitrogens with one attached hydrogen (secondary N) is 1. The van der Waals surface area contributed by atoms with E-state index >= 15 is 0 Å². The Bertz CT molecular complexity index is 519. The normalized spacial score (nSPS) is 12.2. The summed E-state index contributed by atoms with van der Waals surface area (Å²) in [6.45, 7) is 5.15. The second kappa shape index (κ2) is 6.39. The van der Waals surface area contributed by atoms with Crippen molar-refractivity contribution in [3.63, 3.8) is 0 Å². The van der Waals surface area contributed by atoms with E-state index < -0.39 is 0 Å². The van der Waals surface area contributed by atoms with E-state index in [1.165, 1.54) is 16.7 Å². The number of hydrogen-bond acceptors (Lipinski definition) is 2. The lowest BCUT2D eigenvalue weighted by Crippen LogP contribution is -2.18. The van der Waals surface area contributed by atoms with Crippen LogP contribution in [0.5, 0.6) is 5.75 Å². The van der Waals surface area contributed by atoms with Gasteiger partial charge in [-0.05, 0) is 37.1 Å². The van der Waals surface area contributed by atoms with Crippen molar-refractivity contribution in [1.82, 2.24) is 5.32 Å². The second-order valence-electron chi connectivity index (χ2n) is 4.86. The monoisotopic (exact) mass is 255 g/mol. The molecule has 100 valence electrons. The van der Waals surface area contributed by atoms with E-state index in [2.05, 4.69) is 55.6 Å². The zero-order chi connectivity index (χ0) is 13.7. The van der Waals surface area contributed by atoms with Crippen LogP contribution in [0.3, 0.4) is 0 Å². The van der Waals surface area contributed by atoms with Crippen LogP contribution in [0.25, 0.3) is 0 Å². The minimum atomic E-state index is 0.302. The van der Waals surface area contributed by atoms with Crippen molar-refractivity contribution in [2.24, 2.45) is 0 Å². The van der Waals surface area contributed by atoms with Gasteiger partial charge in [-0.15, -0.1) is 0 Å². The van der Waals surface area contributed by atoms with Crippen LogP contribution in [0.1, 0.15) is 29.7 Å². The first-order chi connectivity index (χ1) is 9.19. The highest BCUT2D eigenvalue weighted by molar-refractivity contribution is 5.30. The third-order valence-corrected chi connectivity index (χ3v) is 3.33. The number of ether oxygens (including phenoxy) is 1. The van der Waals surface area contributed by atoms with Gasteiger partial charge >= 0.3 is 0 Å². The van der Waals surface area contributed by atoms with Gasteiger partial charge in [-0.2, -0.15) is 0 Å². The third-order valence-electron chi connectivity index (χ3n) is 3.33. The number of hydrogen-bond donors (Lipinski definition) is 1. The van der Waals surface area contributed by atoms with Gasteiger partial charge in [0.25, 0.3) is 0 Å². The molecule has 1 atom stereocenters. The van der Waals surface area contributed by atoms with Gasteiger partial charge < -0.3 is 10.1 Å². The minimum Gasteiger partial charge on any atom is -0.497 e. The molecule has 0 aromatic heterocycles. The molecule has 0 amide bonds. The summed E-state index contributed by atoms with van der Waals surface area (Å²) in [5.41, 5.74) is 3.84. The SMILES string of the molecule is COc1cccc([C@H](C)NCc2ccc(C)cc2)c1. The fourth-order valence-electron chi connectivity index (χ4n) is 2.01. The molecule has 0 aliphatic heterocycles. The Labute approximate surface area is 115 Å². The van der Waals surface area contributed by atoms with Crippen LogP contribution in [0.2, 0.25) is 0 Å². The molecule has 2 rings (SSSR count). The first-order valence-corrected chi connectivity index (χ1v) is 6.62. The fourth-order valence-corrected chi connectivity index (χ4v) is 2.01. The van der Waals surface area contributed by atoms with Crippen molar-refractivity contribution < 1.29 is 4.74 Å². The van der Waals surface area contributed by atoms with Crippen molar-refractivity contribution in [3.8, 4) is 5.75 Å². The molecule has 0 unspecified atom stereocenters. The summed E-state index contributed by atoms with van der Waals surface area (Å²) >= 11 is 0. The predicted octanol–water partition coefficient (Wildman–Crippen LogP) is 3.85. The molecular formula is C17H21NO. The highest BCUT2D eigenvalue weighted by Crippen LogP contribution is 2.19. The molecule has 2 aromatic carbocycles. The summed E-state index contributed by atoms with van der Waals surface area (Å²) in [7, 11) is 1.70. The van der Waals surface area contributed by atoms with Crippen LogP contribution in [0.15, 0.2) is 48.5 Å². The number of aryl methyl sites for hydroxylation is 1. The molecule has 19 heavy (non-hydrogen) atoms. The number of methoxy groups -OCH3 is 1. The summed E-state index contributed by atoms with van der Waals surface area (Å²) in [5, 5.41) is 3.53. The van der Waals surface area contributed by atoms with Crippen LogP contribution in [-0.2, 0) is 6.54 Å². The molecule has 2 nitrogen and oxygen atoms in total. The van der Waals surface area contributed by atoms with Crippen molar-refractivity contribution >= 4 is 0 Å². The Hall–Kier alpha value is -1.80. The Balaban J connectivity index is 1.96. The molecule has 2 aromatic rings. The van der Waals surface area contributed by atoms with Crippen molar-refractivity contribution in [3.05, 3.63) is 65.2 Å². The highest BCUT2D eigenvalue weighted by Gasteiger charge is 2.05. The number of rotatable bonds is 5. The van der Waals surface area contributed by atoms with E-state index in [1.807, 2.05) is 12.1 Å². The van der Waals surface area contributed by atoms with Crippen LogP contribution in [-0.4, -0.2) is 7.11 Å². The van der Waals surface area contributed by atoms with Crippen molar-refractivity contribution in [2.45, 2.75) is 26.4 Å². The summed E-state index contributed by atoms with van der Waals surface area (Å²) in [4.78, 5) is 0. The maximum absolute atomic E-state index is 5.25.